The van der Waals surface area contributed by atoms with Gasteiger partial charge in [0, 0.05) is 20.0 Å². The van der Waals surface area contributed by atoms with Gasteiger partial charge in [0.1, 0.15) is 19.8 Å². The van der Waals surface area contributed by atoms with E-state index >= 15 is 0 Å². The Morgan fingerprint density at radius 2 is 0.902 bits per heavy atom. The highest BCUT2D eigenvalue weighted by Gasteiger charge is 2.29. The Balaban J connectivity index is 4.47. The summed E-state index contributed by atoms with van der Waals surface area (Å²) in [5.41, 5.74) is 0. The van der Waals surface area contributed by atoms with Crippen LogP contribution in [0.3, 0.4) is 0 Å². The van der Waals surface area contributed by atoms with Gasteiger partial charge in [0.15, 0.2) is 6.10 Å². The van der Waals surface area contributed by atoms with Gasteiger partial charge in [0.2, 0.25) is 0 Å². The van der Waals surface area contributed by atoms with Crippen molar-refractivity contribution in [3.63, 3.8) is 0 Å². The first-order chi connectivity index (χ1) is 24.5. The fourth-order valence-corrected chi connectivity index (χ4v) is 6.88. The minimum absolute atomic E-state index is 0.162. The molecule has 2 unspecified atom stereocenters. The van der Waals surface area contributed by atoms with E-state index < -0.39 is 13.9 Å². The van der Waals surface area contributed by atoms with E-state index in [2.05, 4.69) is 13.8 Å². The molecule has 0 N–H and O–H groups in total. The molecule has 304 valence electrons. The first-order valence-electron chi connectivity index (χ1n) is 21.2. The van der Waals surface area contributed by atoms with Gasteiger partial charge in [-0.15, -0.1) is 0 Å². The number of likely N-dealkylation sites (N-methyl/N-ethyl adjacent to an activating group) is 1. The van der Waals surface area contributed by atoms with Crippen LogP contribution in [0.5, 0.6) is 0 Å². The van der Waals surface area contributed by atoms with Crippen molar-refractivity contribution in [3.05, 3.63) is 0 Å². The summed E-state index contributed by atoms with van der Waals surface area (Å²) in [5, 5.41) is 0. The Morgan fingerprint density at radius 3 is 1.27 bits per heavy atom. The van der Waals surface area contributed by atoms with Gasteiger partial charge in [-0.1, -0.05) is 168 Å². The molecule has 0 bridgehead atoms. The molecular formula is C41H83NO8P+. The van der Waals surface area contributed by atoms with E-state index in [9.17, 15) is 14.2 Å². The number of nitrogens with zero attached hydrogens (tertiary/aromatic N) is 1. The molecule has 0 aliphatic heterocycles. The lowest BCUT2D eigenvalue weighted by molar-refractivity contribution is -0.870. The zero-order valence-electron chi connectivity index (χ0n) is 34.4. The number of phosphoric acid groups is 1. The van der Waals surface area contributed by atoms with Crippen molar-refractivity contribution < 1.29 is 41.7 Å². The molecule has 2 atom stereocenters. The van der Waals surface area contributed by atoms with Crippen molar-refractivity contribution in [2.24, 2.45) is 0 Å². The first kappa shape index (κ1) is 50.0. The average Bonchev–Trinajstić information content (AvgIpc) is 3.09. The Hall–Kier alpha value is -0.990. The van der Waals surface area contributed by atoms with Crippen molar-refractivity contribution >= 4 is 19.8 Å². The van der Waals surface area contributed by atoms with Crippen molar-refractivity contribution in [2.45, 2.75) is 200 Å². The zero-order valence-corrected chi connectivity index (χ0v) is 35.3. The molecular weight excluding hydrogens is 665 g/mol. The smallest absolute Gasteiger partial charge is 0.462 e. The molecule has 0 aromatic heterocycles. The SMILES string of the molecule is CCCCCCCCCCCCCCCC(=O)OCC(COP(=O)(OC)OCC[N+](C)(C)C)OC(=O)CCCCCCCCCCCCCCC. The number of hydrogen-bond donors (Lipinski definition) is 0. The maximum absolute atomic E-state index is 13.0. The lowest BCUT2D eigenvalue weighted by Gasteiger charge is -2.25. The second kappa shape index (κ2) is 34.8. The number of esters is 2. The van der Waals surface area contributed by atoms with Crippen LogP contribution < -0.4 is 0 Å². The summed E-state index contributed by atoms with van der Waals surface area (Å²) in [6.45, 7) is 4.87. The molecule has 0 heterocycles. The summed E-state index contributed by atoms with van der Waals surface area (Å²) in [6, 6.07) is 0. The number of unbranched alkanes of at least 4 members (excludes halogenated alkanes) is 24. The number of quaternary nitrogens is 1. The van der Waals surface area contributed by atoms with Crippen molar-refractivity contribution in [1.82, 2.24) is 0 Å². The van der Waals surface area contributed by atoms with E-state index in [1.54, 1.807) is 0 Å². The summed E-state index contributed by atoms with van der Waals surface area (Å²) >= 11 is 0. The highest BCUT2D eigenvalue weighted by atomic mass is 31.2. The predicted octanol–water partition coefficient (Wildman–Crippen LogP) is 11.9. The fraction of sp³-hybridized carbons (Fsp3) is 0.951. The number of carbonyl (C=O) groups is 2. The number of rotatable bonds is 39. The van der Waals surface area contributed by atoms with Crippen LogP contribution in [0.1, 0.15) is 194 Å². The van der Waals surface area contributed by atoms with Gasteiger partial charge in [-0.2, -0.15) is 0 Å². The maximum atomic E-state index is 13.0. The topological polar surface area (TPSA) is 97.4 Å². The minimum Gasteiger partial charge on any atom is -0.462 e. The van der Waals surface area contributed by atoms with Gasteiger partial charge in [-0.25, -0.2) is 4.57 Å². The van der Waals surface area contributed by atoms with E-state index in [1.165, 1.54) is 136 Å². The summed E-state index contributed by atoms with van der Waals surface area (Å²) < 4.78 is 40.9. The number of carbonyl (C=O) groups excluding carboxylic acids is 2. The molecule has 0 saturated heterocycles. The lowest BCUT2D eigenvalue weighted by Crippen LogP contribution is -2.37. The summed E-state index contributed by atoms with van der Waals surface area (Å²) in [4.78, 5) is 25.3. The lowest BCUT2D eigenvalue weighted by atomic mass is 10.0. The Labute approximate surface area is 315 Å². The zero-order chi connectivity index (χ0) is 37.9. The molecule has 0 radical (unpaired) electrons. The quantitative estimate of drug-likeness (QED) is 0.0265. The first-order valence-corrected chi connectivity index (χ1v) is 22.6. The molecule has 0 aromatic carbocycles. The normalized spacial score (nSPS) is 13.6. The molecule has 0 saturated carbocycles. The Kier molecular flexibility index (Phi) is 34.1. The van der Waals surface area contributed by atoms with Crippen LogP contribution in [0.2, 0.25) is 0 Å². The third-order valence-corrected chi connectivity index (χ3v) is 10.8. The minimum atomic E-state index is -3.87. The van der Waals surface area contributed by atoms with Crippen molar-refractivity contribution in [1.29, 1.82) is 0 Å². The van der Waals surface area contributed by atoms with Gasteiger partial charge in [-0.05, 0) is 12.8 Å². The molecule has 10 heteroatoms. The number of hydrogen-bond acceptors (Lipinski definition) is 8. The van der Waals surface area contributed by atoms with Crippen LogP contribution in [-0.2, 0) is 37.2 Å². The van der Waals surface area contributed by atoms with Gasteiger partial charge in [-0.3, -0.25) is 23.2 Å². The largest absolute Gasteiger partial charge is 0.474 e. The van der Waals surface area contributed by atoms with Gasteiger partial charge < -0.3 is 14.0 Å². The van der Waals surface area contributed by atoms with E-state index in [4.69, 9.17) is 23.0 Å². The molecule has 0 rings (SSSR count). The monoisotopic (exact) mass is 749 g/mol. The Bertz CT molecular complexity index is 850. The van der Waals surface area contributed by atoms with Crippen LogP contribution in [0.25, 0.3) is 0 Å². The highest BCUT2D eigenvalue weighted by Crippen LogP contribution is 2.48. The van der Waals surface area contributed by atoms with Gasteiger partial charge >= 0.3 is 19.8 Å². The Morgan fingerprint density at radius 1 is 0.529 bits per heavy atom. The standard InChI is InChI=1S/C41H83NO8P/c1-7-9-11-13-15-17-19-21-23-25-27-29-31-33-40(43)47-37-39(38-49-51(45,46-6)48-36-35-42(3,4)5)50-41(44)34-32-30-28-26-24-22-20-18-16-14-12-10-8-2/h39H,7-38H2,1-6H3/q+1. The summed E-state index contributed by atoms with van der Waals surface area (Å²) in [5.74, 6) is -0.706. The molecule has 0 spiro atoms. The van der Waals surface area contributed by atoms with Crippen molar-refractivity contribution in [2.75, 3.05) is 54.6 Å². The molecule has 0 aliphatic carbocycles. The van der Waals surface area contributed by atoms with Crippen LogP contribution in [0.15, 0.2) is 0 Å². The summed E-state index contributed by atoms with van der Waals surface area (Å²) in [7, 11) is 3.40. The van der Waals surface area contributed by atoms with E-state index in [0.29, 0.717) is 17.4 Å². The summed E-state index contributed by atoms with van der Waals surface area (Å²) in [6.07, 6.45) is 31.8. The third kappa shape index (κ3) is 35.8. The van der Waals surface area contributed by atoms with Crippen LogP contribution in [0.4, 0.5) is 0 Å². The van der Waals surface area contributed by atoms with E-state index in [-0.39, 0.29) is 38.2 Å². The van der Waals surface area contributed by atoms with Crippen LogP contribution in [0, 0.1) is 0 Å². The van der Waals surface area contributed by atoms with Gasteiger partial charge in [0.25, 0.3) is 0 Å². The molecule has 0 aromatic rings. The second-order valence-corrected chi connectivity index (χ2v) is 17.3. The predicted molar refractivity (Wildman–Crippen MR) is 211 cm³/mol. The van der Waals surface area contributed by atoms with E-state index in [0.717, 1.165) is 38.5 Å². The molecule has 0 amide bonds. The number of phosphoric ester groups is 1. The third-order valence-electron chi connectivity index (χ3n) is 9.35. The second-order valence-electron chi connectivity index (χ2n) is 15.6. The highest BCUT2D eigenvalue weighted by molar-refractivity contribution is 7.48. The van der Waals surface area contributed by atoms with Crippen molar-refractivity contribution in [3.8, 4) is 0 Å². The van der Waals surface area contributed by atoms with Crippen LogP contribution in [-0.4, -0.2) is 77.1 Å². The molecule has 9 nitrogen and oxygen atoms in total. The molecule has 51 heavy (non-hydrogen) atoms. The maximum Gasteiger partial charge on any atom is 0.474 e. The van der Waals surface area contributed by atoms with Gasteiger partial charge in [0.05, 0.1) is 27.7 Å². The van der Waals surface area contributed by atoms with Crippen LogP contribution >= 0.6 is 7.82 Å². The molecule has 0 fully saturated rings. The van der Waals surface area contributed by atoms with E-state index in [1.807, 2.05) is 21.1 Å². The number of ether oxygens (including phenoxy) is 2. The average molecular weight is 749 g/mol. The fourth-order valence-electron chi connectivity index (χ4n) is 5.94. The molecule has 0 aliphatic rings.